The number of ketones is 1. The molecule has 4 aliphatic carbocycles. The molecule has 10 nitrogen and oxygen atoms in total. The van der Waals surface area contributed by atoms with E-state index in [1.807, 2.05) is 0 Å². The number of hydrogen-bond donors (Lipinski definition) is 2. The van der Waals surface area contributed by atoms with Crippen molar-refractivity contribution < 1.29 is 39.1 Å². The van der Waals surface area contributed by atoms with Gasteiger partial charge in [-0.1, -0.05) is 32.9 Å². The molecule has 47 heavy (non-hydrogen) atoms. The summed E-state index contributed by atoms with van der Waals surface area (Å²) < 4.78 is 6.04. The molecule has 3 saturated carbocycles. The lowest BCUT2D eigenvalue weighted by molar-refractivity contribution is -0.384. The molecule has 0 aliphatic heterocycles. The summed E-state index contributed by atoms with van der Waals surface area (Å²) >= 11 is 0. The number of benzene rings is 1. The van der Waals surface area contributed by atoms with Gasteiger partial charge in [-0.05, 0) is 116 Å². The van der Waals surface area contributed by atoms with Crippen molar-refractivity contribution in [3.05, 3.63) is 52.1 Å². The average molecular weight is 652 g/mol. The van der Waals surface area contributed by atoms with Crippen molar-refractivity contribution in [2.24, 2.45) is 52.3 Å². The number of esters is 1. The van der Waals surface area contributed by atoms with E-state index in [-0.39, 0.29) is 59.7 Å². The molecule has 0 aromatic heterocycles. The minimum Gasteiger partial charge on any atom is -0.481 e. The summed E-state index contributed by atoms with van der Waals surface area (Å²) in [7, 11) is 0. The minimum atomic E-state index is -1.06. The van der Waals surface area contributed by atoms with Gasteiger partial charge < -0.3 is 14.9 Å². The van der Waals surface area contributed by atoms with E-state index in [4.69, 9.17) is 4.74 Å². The number of aliphatic carboxylic acids is 2. The van der Waals surface area contributed by atoms with E-state index in [0.29, 0.717) is 48.3 Å². The maximum atomic E-state index is 13.4. The van der Waals surface area contributed by atoms with E-state index >= 15 is 0 Å². The Morgan fingerprint density at radius 1 is 0.979 bits per heavy atom. The number of nitro groups is 1. The Labute approximate surface area is 276 Å². The molecule has 0 radical (unpaired) electrons. The number of carbonyl (C=O) groups excluding carboxylic acids is 2. The summed E-state index contributed by atoms with van der Waals surface area (Å²) in [5.41, 5.74) is 0.264. The van der Waals surface area contributed by atoms with Crippen LogP contribution in [0.15, 0.2) is 36.4 Å². The van der Waals surface area contributed by atoms with Crippen LogP contribution >= 0.6 is 0 Å². The van der Waals surface area contributed by atoms with Crippen molar-refractivity contribution >= 4 is 29.4 Å². The first kappa shape index (κ1) is 34.8. The summed E-state index contributed by atoms with van der Waals surface area (Å²) in [6.07, 6.45) is 12.0. The molecule has 0 spiro atoms. The van der Waals surface area contributed by atoms with Crippen LogP contribution in [-0.2, 0) is 19.1 Å². The number of carboxylic acid groups (broad SMARTS) is 2. The normalized spacial score (nSPS) is 33.9. The predicted octanol–water partition coefficient (Wildman–Crippen LogP) is 7.50. The molecule has 0 heterocycles. The van der Waals surface area contributed by atoms with Gasteiger partial charge in [-0.2, -0.15) is 0 Å². The second kappa shape index (κ2) is 13.9. The zero-order valence-electron chi connectivity index (χ0n) is 27.8. The fourth-order valence-corrected chi connectivity index (χ4v) is 10.2. The Morgan fingerprint density at radius 3 is 2.32 bits per heavy atom. The third-order valence-corrected chi connectivity index (χ3v) is 12.8. The van der Waals surface area contributed by atoms with Gasteiger partial charge in [-0.25, -0.2) is 0 Å². The molecule has 3 fully saturated rings. The minimum absolute atomic E-state index is 0.0224. The van der Waals surface area contributed by atoms with Crippen LogP contribution in [0.1, 0.15) is 108 Å². The third-order valence-electron chi connectivity index (χ3n) is 12.8. The second-order valence-corrected chi connectivity index (χ2v) is 15.3. The zero-order valence-corrected chi connectivity index (χ0v) is 27.8. The quantitative estimate of drug-likeness (QED) is 0.0723. The predicted molar refractivity (Wildman–Crippen MR) is 173 cm³/mol. The highest BCUT2D eigenvalue weighted by Gasteiger charge is 2.59. The number of ether oxygens (including phenoxy) is 1. The lowest BCUT2D eigenvalue weighted by Gasteiger charge is -2.59. The van der Waals surface area contributed by atoms with Crippen molar-refractivity contribution in [2.75, 3.05) is 0 Å². The molecule has 0 bridgehead atoms. The zero-order chi connectivity index (χ0) is 34.1. The van der Waals surface area contributed by atoms with Crippen LogP contribution in [0.2, 0.25) is 0 Å². The number of non-ortho nitro benzene ring substituents is 1. The summed E-state index contributed by atoms with van der Waals surface area (Å²) in [6, 6.07) is 5.18. The Hall–Kier alpha value is -3.56. The SMILES string of the molecule is C[C@H](CCC(=O)O)C1CC[C@H]2[C@@H]3CC[C@@H]4C[C@H](OC(=O)[C@H](CCC(=O)O)CC(=O)c5ccc([N+](=O)[O-])cc5)CC[C@]4(C)[C@H]3C=C[C@]12C. The first-order valence-electron chi connectivity index (χ1n) is 17.3. The van der Waals surface area contributed by atoms with Gasteiger partial charge in [-0.3, -0.25) is 29.3 Å². The van der Waals surface area contributed by atoms with E-state index in [2.05, 4.69) is 32.9 Å². The van der Waals surface area contributed by atoms with Crippen LogP contribution in [0.3, 0.4) is 0 Å². The van der Waals surface area contributed by atoms with Crippen LogP contribution in [0.5, 0.6) is 0 Å². The van der Waals surface area contributed by atoms with Gasteiger partial charge in [-0.15, -0.1) is 0 Å². The van der Waals surface area contributed by atoms with E-state index in [9.17, 15) is 39.5 Å². The first-order chi connectivity index (χ1) is 22.2. The average Bonchev–Trinajstić information content (AvgIpc) is 3.39. The standard InChI is InChI=1S/C37H49NO9/c1-22(4-14-33(40)41)29-12-13-30-28-11-8-25-21-27(16-18-36(25,2)31(28)17-19-37(29,30)3)47-35(44)24(7-15-34(42)43)20-32(39)23-5-9-26(10-6-23)38(45)46/h5-6,9-10,17,19,22,24-25,27-31H,4,7-8,11-16,18,20-21H2,1-3H3,(H,40,41)(H,42,43)/t22-,24-,25-,27-,28+,29?,30+,31+,36+,37-/m1/s1. The molecule has 0 amide bonds. The summed E-state index contributed by atoms with van der Waals surface area (Å²) in [5, 5.41) is 29.5. The van der Waals surface area contributed by atoms with Crippen molar-refractivity contribution in [3.63, 3.8) is 0 Å². The maximum absolute atomic E-state index is 13.4. The van der Waals surface area contributed by atoms with Crippen LogP contribution < -0.4 is 0 Å². The molecular formula is C37H49NO9. The highest BCUT2D eigenvalue weighted by Crippen LogP contribution is 2.66. The van der Waals surface area contributed by atoms with Crippen molar-refractivity contribution in [2.45, 2.75) is 104 Å². The number of rotatable bonds is 13. The number of fused-ring (bicyclic) bond motifs is 5. The van der Waals surface area contributed by atoms with Gasteiger partial charge in [0.1, 0.15) is 6.10 Å². The fourth-order valence-electron chi connectivity index (χ4n) is 10.2. The number of Topliss-reactive ketones (excluding diaryl/α,β-unsaturated/α-hetero) is 1. The Kier molecular flexibility index (Phi) is 10.3. The smallest absolute Gasteiger partial charge is 0.309 e. The molecule has 5 rings (SSSR count). The molecule has 1 aromatic carbocycles. The Bertz CT molecular complexity index is 1400. The van der Waals surface area contributed by atoms with Gasteiger partial charge in [0.05, 0.1) is 10.8 Å². The molecule has 4 aliphatic rings. The Morgan fingerprint density at radius 2 is 1.66 bits per heavy atom. The van der Waals surface area contributed by atoms with Gasteiger partial charge in [0, 0.05) is 37.0 Å². The van der Waals surface area contributed by atoms with Crippen LogP contribution in [-0.4, -0.2) is 44.9 Å². The van der Waals surface area contributed by atoms with Crippen molar-refractivity contribution in [1.29, 1.82) is 0 Å². The monoisotopic (exact) mass is 651 g/mol. The van der Waals surface area contributed by atoms with Crippen LogP contribution in [0, 0.1) is 62.4 Å². The summed E-state index contributed by atoms with van der Waals surface area (Å²) in [5.74, 6) is -0.764. The number of hydrogen-bond acceptors (Lipinski definition) is 7. The molecule has 1 unspecified atom stereocenters. The van der Waals surface area contributed by atoms with Gasteiger partial charge in [0.2, 0.25) is 0 Å². The van der Waals surface area contributed by atoms with Gasteiger partial charge >= 0.3 is 17.9 Å². The second-order valence-electron chi connectivity index (χ2n) is 15.3. The molecule has 256 valence electrons. The summed E-state index contributed by atoms with van der Waals surface area (Å²) in [4.78, 5) is 59.4. The summed E-state index contributed by atoms with van der Waals surface area (Å²) in [6.45, 7) is 7.02. The van der Waals surface area contributed by atoms with E-state index in [1.54, 1.807) is 0 Å². The lowest BCUT2D eigenvalue weighted by atomic mass is 9.46. The molecular weight excluding hydrogens is 602 g/mol. The highest BCUT2D eigenvalue weighted by atomic mass is 16.6. The molecule has 0 saturated heterocycles. The number of nitrogens with zero attached hydrogens (tertiary/aromatic N) is 1. The third kappa shape index (κ3) is 7.16. The number of nitro benzene ring substituents is 1. The van der Waals surface area contributed by atoms with Gasteiger partial charge in [0.15, 0.2) is 5.78 Å². The van der Waals surface area contributed by atoms with Crippen molar-refractivity contribution in [1.82, 2.24) is 0 Å². The number of carbonyl (C=O) groups is 4. The topological polar surface area (TPSA) is 161 Å². The molecule has 10 atom stereocenters. The molecule has 10 heteroatoms. The van der Waals surface area contributed by atoms with E-state index in [0.717, 1.165) is 32.1 Å². The molecule has 1 aromatic rings. The Balaban J connectivity index is 1.23. The van der Waals surface area contributed by atoms with Crippen molar-refractivity contribution in [3.8, 4) is 0 Å². The van der Waals surface area contributed by atoms with E-state index in [1.165, 1.54) is 30.7 Å². The van der Waals surface area contributed by atoms with Crippen LogP contribution in [0.25, 0.3) is 0 Å². The fraction of sp³-hybridized carbons (Fsp3) is 0.676. The van der Waals surface area contributed by atoms with Gasteiger partial charge in [0.25, 0.3) is 5.69 Å². The van der Waals surface area contributed by atoms with Crippen LogP contribution in [0.4, 0.5) is 5.69 Å². The largest absolute Gasteiger partial charge is 0.481 e. The first-order valence-corrected chi connectivity index (χ1v) is 17.3. The maximum Gasteiger partial charge on any atom is 0.309 e. The number of carboxylic acids is 2. The van der Waals surface area contributed by atoms with E-state index < -0.39 is 28.7 Å². The molecule has 2 N–H and O–H groups in total. The number of allylic oxidation sites excluding steroid dienone is 2. The highest BCUT2D eigenvalue weighted by molar-refractivity contribution is 5.98. The lowest BCUT2D eigenvalue weighted by Crippen LogP contribution is -2.52.